The molecule has 1 heterocycles. The van der Waals surface area contributed by atoms with E-state index in [0.717, 1.165) is 11.5 Å². The van der Waals surface area contributed by atoms with Gasteiger partial charge in [0.1, 0.15) is 17.6 Å². The lowest BCUT2D eigenvalue weighted by Crippen LogP contribution is -2.45. The third-order valence-electron chi connectivity index (χ3n) is 3.32. The summed E-state index contributed by atoms with van der Waals surface area (Å²) in [6.07, 6.45) is 0. The van der Waals surface area contributed by atoms with Gasteiger partial charge in [0, 0.05) is 12.6 Å². The van der Waals surface area contributed by atoms with Crippen LogP contribution >= 0.6 is 0 Å². The van der Waals surface area contributed by atoms with Crippen LogP contribution in [0.2, 0.25) is 0 Å². The van der Waals surface area contributed by atoms with E-state index in [1.54, 1.807) is 38.2 Å². The van der Waals surface area contributed by atoms with E-state index in [-0.39, 0.29) is 11.8 Å². The summed E-state index contributed by atoms with van der Waals surface area (Å²) >= 11 is 0. The van der Waals surface area contributed by atoms with Gasteiger partial charge in [-0.15, -0.1) is 0 Å². The second-order valence-electron chi connectivity index (χ2n) is 5.27. The molecule has 0 aliphatic rings. The van der Waals surface area contributed by atoms with Crippen LogP contribution in [-0.2, 0) is 11.3 Å². The van der Waals surface area contributed by atoms with Crippen LogP contribution in [0.25, 0.3) is 0 Å². The van der Waals surface area contributed by atoms with E-state index >= 15 is 0 Å². The van der Waals surface area contributed by atoms with Crippen molar-refractivity contribution < 1.29 is 14.0 Å². The summed E-state index contributed by atoms with van der Waals surface area (Å²) in [6, 6.07) is 11.9. The third-order valence-corrected chi connectivity index (χ3v) is 3.32. The zero-order valence-electron chi connectivity index (χ0n) is 13.0. The fourth-order valence-corrected chi connectivity index (χ4v) is 2.14. The van der Waals surface area contributed by atoms with Gasteiger partial charge in [-0.25, -0.2) is 0 Å². The maximum Gasteiger partial charge on any atom is 0.251 e. The number of nitrogens with one attached hydrogen (secondary N) is 1. The van der Waals surface area contributed by atoms with Gasteiger partial charge in [0.2, 0.25) is 5.91 Å². The molecule has 1 unspecified atom stereocenters. The molecule has 1 atom stereocenters. The van der Waals surface area contributed by atoms with Gasteiger partial charge < -0.3 is 14.6 Å². The molecular weight excluding hydrogens is 280 g/mol. The van der Waals surface area contributed by atoms with E-state index in [0.29, 0.717) is 12.1 Å². The van der Waals surface area contributed by atoms with Crippen molar-refractivity contribution in [2.45, 2.75) is 26.4 Å². The van der Waals surface area contributed by atoms with Crippen LogP contribution in [-0.4, -0.2) is 29.8 Å². The van der Waals surface area contributed by atoms with Crippen molar-refractivity contribution in [3.05, 3.63) is 59.5 Å². The minimum absolute atomic E-state index is 0.168. The largest absolute Gasteiger partial charge is 0.464 e. The Kier molecular flexibility index (Phi) is 4.99. The van der Waals surface area contributed by atoms with Gasteiger partial charge in [-0.05, 0) is 38.1 Å². The highest BCUT2D eigenvalue weighted by atomic mass is 16.3. The molecule has 2 amide bonds. The molecule has 1 aromatic carbocycles. The SMILES string of the molecule is Cc1ccc(CN(C)C(=O)C(C)NC(=O)c2ccccc2)o1. The minimum Gasteiger partial charge on any atom is -0.464 e. The molecule has 5 heteroatoms. The predicted octanol–water partition coefficient (Wildman–Crippen LogP) is 2.36. The number of nitrogens with zero attached hydrogens (tertiary/aromatic N) is 1. The Labute approximate surface area is 129 Å². The van der Waals surface area contributed by atoms with Crippen LogP contribution in [0.4, 0.5) is 0 Å². The van der Waals surface area contributed by atoms with Crippen LogP contribution in [0.15, 0.2) is 46.9 Å². The molecule has 22 heavy (non-hydrogen) atoms. The van der Waals surface area contributed by atoms with Crippen molar-refractivity contribution in [1.29, 1.82) is 0 Å². The lowest BCUT2D eigenvalue weighted by atomic mass is 10.2. The van der Waals surface area contributed by atoms with Crippen LogP contribution in [0.5, 0.6) is 0 Å². The summed E-state index contributed by atoms with van der Waals surface area (Å²) in [6.45, 7) is 3.90. The molecule has 2 aromatic rings. The van der Waals surface area contributed by atoms with E-state index in [1.807, 2.05) is 25.1 Å². The monoisotopic (exact) mass is 300 g/mol. The van der Waals surface area contributed by atoms with E-state index in [9.17, 15) is 9.59 Å². The lowest BCUT2D eigenvalue weighted by molar-refractivity contribution is -0.132. The fourth-order valence-electron chi connectivity index (χ4n) is 2.14. The molecule has 1 N–H and O–H groups in total. The van der Waals surface area contributed by atoms with E-state index in [2.05, 4.69) is 5.32 Å². The first-order valence-corrected chi connectivity index (χ1v) is 7.13. The van der Waals surface area contributed by atoms with Gasteiger partial charge in [0.05, 0.1) is 6.54 Å². The van der Waals surface area contributed by atoms with E-state index < -0.39 is 6.04 Å². The second kappa shape index (κ2) is 6.93. The summed E-state index contributed by atoms with van der Waals surface area (Å²) in [4.78, 5) is 25.9. The van der Waals surface area contributed by atoms with Crippen LogP contribution in [0, 0.1) is 6.92 Å². The van der Waals surface area contributed by atoms with Crippen molar-refractivity contribution >= 4 is 11.8 Å². The first kappa shape index (κ1) is 15.8. The lowest BCUT2D eigenvalue weighted by Gasteiger charge is -2.21. The highest BCUT2D eigenvalue weighted by molar-refractivity contribution is 5.97. The maximum atomic E-state index is 12.3. The molecule has 5 nitrogen and oxygen atoms in total. The van der Waals surface area contributed by atoms with Gasteiger partial charge in [-0.2, -0.15) is 0 Å². The maximum absolute atomic E-state index is 12.3. The number of rotatable bonds is 5. The number of benzene rings is 1. The number of likely N-dealkylation sites (N-methyl/N-ethyl adjacent to an activating group) is 1. The number of carbonyl (C=O) groups excluding carboxylic acids is 2. The first-order chi connectivity index (χ1) is 10.5. The van der Waals surface area contributed by atoms with Gasteiger partial charge in [0.25, 0.3) is 5.91 Å². The third kappa shape index (κ3) is 3.97. The first-order valence-electron chi connectivity index (χ1n) is 7.13. The molecule has 2 rings (SSSR count). The Morgan fingerprint density at radius 2 is 1.86 bits per heavy atom. The highest BCUT2D eigenvalue weighted by Crippen LogP contribution is 2.09. The molecule has 1 aromatic heterocycles. The number of carbonyl (C=O) groups is 2. The Morgan fingerprint density at radius 1 is 1.18 bits per heavy atom. The number of amides is 2. The number of hydrogen-bond acceptors (Lipinski definition) is 3. The molecule has 0 radical (unpaired) electrons. The average Bonchev–Trinajstić information content (AvgIpc) is 2.92. The van der Waals surface area contributed by atoms with Gasteiger partial charge in [-0.1, -0.05) is 18.2 Å². The Hall–Kier alpha value is -2.56. The predicted molar refractivity (Wildman–Crippen MR) is 83.3 cm³/mol. The molecule has 0 fully saturated rings. The summed E-state index contributed by atoms with van der Waals surface area (Å²) in [7, 11) is 1.69. The average molecular weight is 300 g/mol. The molecule has 0 saturated heterocycles. The summed E-state index contributed by atoms with van der Waals surface area (Å²) < 4.78 is 5.45. The van der Waals surface area contributed by atoms with E-state index in [4.69, 9.17) is 4.42 Å². The molecular formula is C17H20N2O3. The highest BCUT2D eigenvalue weighted by Gasteiger charge is 2.20. The smallest absolute Gasteiger partial charge is 0.251 e. The van der Waals surface area contributed by atoms with Crippen molar-refractivity contribution in [2.75, 3.05) is 7.05 Å². The van der Waals surface area contributed by atoms with Crippen molar-refractivity contribution in [3.63, 3.8) is 0 Å². The van der Waals surface area contributed by atoms with Crippen molar-refractivity contribution in [1.82, 2.24) is 10.2 Å². The molecule has 0 saturated carbocycles. The molecule has 0 spiro atoms. The van der Waals surface area contributed by atoms with Crippen molar-refractivity contribution in [2.24, 2.45) is 0 Å². The summed E-state index contributed by atoms with van der Waals surface area (Å²) in [5.74, 6) is 1.10. The number of hydrogen-bond donors (Lipinski definition) is 1. The zero-order valence-corrected chi connectivity index (χ0v) is 13.0. The minimum atomic E-state index is -0.603. The molecule has 0 aliphatic carbocycles. The van der Waals surface area contributed by atoms with Crippen LogP contribution in [0.3, 0.4) is 0 Å². The molecule has 116 valence electrons. The molecule has 0 bridgehead atoms. The van der Waals surface area contributed by atoms with E-state index in [1.165, 1.54) is 4.90 Å². The normalized spacial score (nSPS) is 11.8. The second-order valence-corrected chi connectivity index (χ2v) is 5.27. The summed E-state index contributed by atoms with van der Waals surface area (Å²) in [5.41, 5.74) is 0.534. The van der Waals surface area contributed by atoms with Crippen LogP contribution < -0.4 is 5.32 Å². The van der Waals surface area contributed by atoms with Gasteiger partial charge in [-0.3, -0.25) is 9.59 Å². The van der Waals surface area contributed by atoms with Gasteiger partial charge in [0.15, 0.2) is 0 Å². The standard InChI is InChI=1S/C17H20N2O3/c1-12-9-10-15(22-12)11-19(3)17(21)13(2)18-16(20)14-7-5-4-6-8-14/h4-10,13H,11H2,1-3H3,(H,18,20). The van der Waals surface area contributed by atoms with Gasteiger partial charge >= 0.3 is 0 Å². The molecule has 0 aliphatic heterocycles. The Bertz CT molecular complexity index is 649. The Morgan fingerprint density at radius 3 is 2.45 bits per heavy atom. The zero-order chi connectivity index (χ0) is 16.1. The number of aryl methyl sites for hydroxylation is 1. The number of furan rings is 1. The van der Waals surface area contributed by atoms with Crippen LogP contribution in [0.1, 0.15) is 28.8 Å². The Balaban J connectivity index is 1.92. The topological polar surface area (TPSA) is 62.6 Å². The quantitative estimate of drug-likeness (QED) is 0.922. The fraction of sp³-hybridized carbons (Fsp3) is 0.294. The summed E-state index contributed by atoms with van der Waals surface area (Å²) in [5, 5.41) is 2.71. The van der Waals surface area contributed by atoms with Crippen molar-refractivity contribution in [3.8, 4) is 0 Å².